The fraction of sp³-hybridized carbons (Fsp3) is 0.308. The fourth-order valence-corrected chi connectivity index (χ4v) is 4.01. The molecular formula is C26H30Cl3FN4O. The van der Waals surface area contributed by atoms with Crippen LogP contribution in [0.3, 0.4) is 0 Å². The Morgan fingerprint density at radius 3 is 2.37 bits per heavy atom. The van der Waals surface area contributed by atoms with Crippen molar-refractivity contribution in [1.82, 2.24) is 19.6 Å². The molecule has 0 bridgehead atoms. The van der Waals surface area contributed by atoms with E-state index in [-0.39, 0.29) is 36.2 Å². The number of halogens is 4. The third-order valence-electron chi connectivity index (χ3n) is 5.95. The van der Waals surface area contributed by atoms with Crippen molar-refractivity contribution >= 4 is 42.5 Å². The van der Waals surface area contributed by atoms with Crippen molar-refractivity contribution < 1.29 is 4.39 Å². The molecule has 0 spiro atoms. The molecule has 0 amide bonds. The summed E-state index contributed by atoms with van der Waals surface area (Å²) in [5.41, 5.74) is 3.61. The zero-order valence-electron chi connectivity index (χ0n) is 19.8. The van der Waals surface area contributed by atoms with Gasteiger partial charge in [-0.25, -0.2) is 9.07 Å². The number of allylic oxidation sites excluding steroid dienone is 1. The summed E-state index contributed by atoms with van der Waals surface area (Å²) in [5, 5.41) is 5.29. The van der Waals surface area contributed by atoms with Gasteiger partial charge < -0.3 is 4.90 Å². The highest BCUT2D eigenvalue weighted by molar-refractivity contribution is 6.30. The van der Waals surface area contributed by atoms with Gasteiger partial charge >= 0.3 is 0 Å². The minimum atomic E-state index is -0.254. The molecule has 0 unspecified atom stereocenters. The highest BCUT2D eigenvalue weighted by atomic mass is 35.5. The lowest BCUT2D eigenvalue weighted by Gasteiger charge is -2.32. The van der Waals surface area contributed by atoms with Crippen molar-refractivity contribution in [1.29, 1.82) is 0 Å². The van der Waals surface area contributed by atoms with Gasteiger partial charge in [0.1, 0.15) is 5.82 Å². The first-order chi connectivity index (χ1) is 15.9. The summed E-state index contributed by atoms with van der Waals surface area (Å²) in [5.74, 6) is -0.254. The summed E-state index contributed by atoms with van der Waals surface area (Å²) in [4.78, 5) is 17.8. The number of aromatic nitrogens is 2. The molecule has 0 saturated carbocycles. The fourth-order valence-electron chi connectivity index (χ4n) is 3.89. The van der Waals surface area contributed by atoms with E-state index in [4.69, 9.17) is 11.6 Å². The maximum Gasteiger partial charge on any atom is 0.271 e. The van der Waals surface area contributed by atoms with Crippen LogP contribution in [-0.4, -0.2) is 52.8 Å². The summed E-state index contributed by atoms with van der Waals surface area (Å²) in [6, 6.07) is 14.3. The summed E-state index contributed by atoms with van der Waals surface area (Å²) < 4.78 is 15.3. The second kappa shape index (κ2) is 13.2. The minimum absolute atomic E-state index is 0. The largest absolute Gasteiger partial charge is 0.304 e. The lowest BCUT2D eigenvalue weighted by atomic mass is 10.1. The zero-order chi connectivity index (χ0) is 23.4. The topological polar surface area (TPSA) is 41.4 Å². The van der Waals surface area contributed by atoms with E-state index >= 15 is 0 Å². The molecule has 2 aromatic carbocycles. The Hall–Kier alpha value is -2.22. The summed E-state index contributed by atoms with van der Waals surface area (Å²) in [6.45, 7) is 6.43. The van der Waals surface area contributed by atoms with Gasteiger partial charge in [-0.05, 0) is 61.5 Å². The van der Waals surface area contributed by atoms with Crippen molar-refractivity contribution in [3.05, 3.63) is 92.5 Å². The van der Waals surface area contributed by atoms with Crippen molar-refractivity contribution in [3.8, 4) is 11.3 Å². The van der Waals surface area contributed by atoms with Gasteiger partial charge in [0, 0.05) is 48.9 Å². The molecule has 1 aliphatic heterocycles. The van der Waals surface area contributed by atoms with E-state index in [2.05, 4.69) is 21.9 Å². The molecule has 1 fully saturated rings. The maximum absolute atomic E-state index is 13.8. The molecule has 3 aromatic rings. The smallest absolute Gasteiger partial charge is 0.271 e. The van der Waals surface area contributed by atoms with Gasteiger partial charge in [-0.1, -0.05) is 35.9 Å². The van der Waals surface area contributed by atoms with E-state index in [1.54, 1.807) is 19.1 Å². The highest BCUT2D eigenvalue weighted by Gasteiger charge is 2.17. The predicted molar refractivity (Wildman–Crippen MR) is 146 cm³/mol. The van der Waals surface area contributed by atoms with Crippen LogP contribution in [0.25, 0.3) is 17.3 Å². The molecule has 9 heteroatoms. The molecule has 1 aromatic heterocycles. The quantitative estimate of drug-likeness (QED) is 0.425. The predicted octanol–water partition coefficient (Wildman–Crippen LogP) is 5.32. The molecule has 0 N–H and O–H groups in total. The van der Waals surface area contributed by atoms with E-state index < -0.39 is 0 Å². The van der Waals surface area contributed by atoms with Gasteiger partial charge in [-0.2, -0.15) is 5.10 Å². The van der Waals surface area contributed by atoms with Gasteiger partial charge in [-0.3, -0.25) is 9.69 Å². The Bertz CT molecular complexity index is 1210. The molecule has 2 heterocycles. The number of rotatable bonds is 6. The van der Waals surface area contributed by atoms with Crippen LogP contribution < -0.4 is 5.56 Å². The van der Waals surface area contributed by atoms with Crippen LogP contribution in [0.4, 0.5) is 4.39 Å². The van der Waals surface area contributed by atoms with E-state index in [1.165, 1.54) is 10.7 Å². The van der Waals surface area contributed by atoms with Crippen LogP contribution >= 0.6 is 36.4 Å². The Kier molecular flexibility index (Phi) is 10.9. The third-order valence-corrected chi connectivity index (χ3v) is 6.20. The van der Waals surface area contributed by atoms with Gasteiger partial charge in [0.15, 0.2) is 0 Å². The minimum Gasteiger partial charge on any atom is -0.304 e. The zero-order valence-corrected chi connectivity index (χ0v) is 22.2. The van der Waals surface area contributed by atoms with Crippen LogP contribution in [0, 0.1) is 12.7 Å². The van der Waals surface area contributed by atoms with Crippen LogP contribution in [0.2, 0.25) is 5.02 Å². The molecule has 35 heavy (non-hydrogen) atoms. The van der Waals surface area contributed by atoms with E-state index in [1.807, 2.05) is 42.5 Å². The summed E-state index contributed by atoms with van der Waals surface area (Å²) >= 11 is 5.95. The van der Waals surface area contributed by atoms with E-state index in [0.717, 1.165) is 37.3 Å². The molecule has 1 saturated heterocycles. The Morgan fingerprint density at radius 2 is 1.71 bits per heavy atom. The van der Waals surface area contributed by atoms with Crippen molar-refractivity contribution in [2.45, 2.75) is 20.0 Å². The number of aryl methyl sites for hydroxylation is 1. The summed E-state index contributed by atoms with van der Waals surface area (Å²) in [6.07, 6.45) is 3.86. The van der Waals surface area contributed by atoms with E-state index in [0.29, 0.717) is 34.9 Å². The maximum atomic E-state index is 13.8. The van der Waals surface area contributed by atoms with Gasteiger partial charge in [0.05, 0.1) is 12.2 Å². The molecule has 1 aliphatic rings. The van der Waals surface area contributed by atoms with Crippen molar-refractivity contribution in [2.75, 3.05) is 33.2 Å². The first kappa shape index (κ1) is 29.0. The monoisotopic (exact) mass is 538 g/mol. The first-order valence-corrected chi connectivity index (χ1v) is 11.5. The van der Waals surface area contributed by atoms with Crippen molar-refractivity contribution in [3.63, 3.8) is 0 Å². The average Bonchev–Trinajstić information content (AvgIpc) is 2.80. The molecule has 5 nitrogen and oxygen atoms in total. The number of likely N-dealkylation sites (N-methyl/N-ethyl adjacent to an activating group) is 1. The number of hydrogen-bond donors (Lipinski definition) is 0. The molecule has 0 aliphatic carbocycles. The SMILES string of the molecule is Cc1cc(-c2cc(CN3CCN(C)CC3)c(=O)n(C/C=C/c3ccc(Cl)cc3)n2)ccc1F.Cl.Cl. The summed E-state index contributed by atoms with van der Waals surface area (Å²) in [7, 11) is 2.11. The Morgan fingerprint density at radius 1 is 1.03 bits per heavy atom. The second-order valence-corrected chi connectivity index (χ2v) is 8.98. The van der Waals surface area contributed by atoms with Gasteiger partial charge in [-0.15, -0.1) is 24.8 Å². The van der Waals surface area contributed by atoms with Crippen LogP contribution in [0.1, 0.15) is 16.7 Å². The van der Waals surface area contributed by atoms with Crippen molar-refractivity contribution in [2.24, 2.45) is 0 Å². The number of piperazine rings is 1. The first-order valence-electron chi connectivity index (χ1n) is 11.1. The second-order valence-electron chi connectivity index (χ2n) is 8.54. The average molecular weight is 540 g/mol. The normalized spacial score (nSPS) is 14.5. The van der Waals surface area contributed by atoms with Gasteiger partial charge in [0.25, 0.3) is 5.56 Å². The van der Waals surface area contributed by atoms with E-state index in [9.17, 15) is 9.18 Å². The number of nitrogens with zero attached hydrogens (tertiary/aromatic N) is 4. The molecule has 4 rings (SSSR count). The molecular weight excluding hydrogens is 510 g/mol. The Balaban J connectivity index is 0.00000216. The molecule has 0 atom stereocenters. The number of benzene rings is 2. The molecule has 0 radical (unpaired) electrons. The lowest BCUT2D eigenvalue weighted by Crippen LogP contribution is -2.44. The molecule has 188 valence electrons. The Labute approximate surface area is 223 Å². The lowest BCUT2D eigenvalue weighted by molar-refractivity contribution is 0.147. The standard InChI is InChI=1S/C26H28ClFN4O.2ClH/c1-19-16-21(7-10-24(19)28)25-17-22(18-31-14-12-30(2)13-15-31)26(33)32(29-25)11-3-4-20-5-8-23(27)9-6-20;;/h3-10,16-17H,11-15,18H2,1-2H3;2*1H/b4-3+;;. The van der Waals surface area contributed by atoms with Crippen LogP contribution in [0.15, 0.2) is 59.4 Å². The number of hydrogen-bond acceptors (Lipinski definition) is 4. The van der Waals surface area contributed by atoms with Gasteiger partial charge in [0.2, 0.25) is 0 Å². The van der Waals surface area contributed by atoms with Crippen LogP contribution in [-0.2, 0) is 13.1 Å². The highest BCUT2D eigenvalue weighted by Crippen LogP contribution is 2.21. The third kappa shape index (κ3) is 7.63. The van der Waals surface area contributed by atoms with Crippen LogP contribution in [0.5, 0.6) is 0 Å².